The summed E-state index contributed by atoms with van der Waals surface area (Å²) in [6.45, 7) is 4.55. The first-order chi connectivity index (χ1) is 6.15. The van der Waals surface area contributed by atoms with Crippen LogP contribution in [-0.2, 0) is 4.79 Å². The summed E-state index contributed by atoms with van der Waals surface area (Å²) in [6.07, 6.45) is 6.32. The summed E-state index contributed by atoms with van der Waals surface area (Å²) in [5.41, 5.74) is 1.86. The van der Waals surface area contributed by atoms with Crippen molar-refractivity contribution < 1.29 is 4.79 Å². The smallest absolute Gasteiger partial charge is 0.120 e. The monoisotopic (exact) mass is 292 g/mol. The fraction of sp³-hybridized carbons (Fsp3) is 0.727. The number of hydrogen-bond acceptors (Lipinski definition) is 1. The molecule has 1 rings (SSSR count). The molecule has 0 bridgehead atoms. The number of carbonyl (C=O) groups is 1. The molecule has 0 aromatic heterocycles. The molecular weight excluding hydrogens is 275 g/mol. The number of carbonyl (C=O) groups excluding carboxylic acids is 1. The Balaban J connectivity index is 2.63. The van der Waals surface area contributed by atoms with Gasteiger partial charge in [0.25, 0.3) is 0 Å². The number of hydrogen-bond donors (Lipinski definition) is 0. The van der Waals surface area contributed by atoms with Crippen LogP contribution in [0.4, 0.5) is 0 Å². The normalized spacial score (nSPS) is 33.2. The largest absolute Gasteiger partial charge is 0.303 e. The topological polar surface area (TPSA) is 17.1 Å². The number of alkyl halides is 1. The predicted molar refractivity (Wildman–Crippen MR) is 64.2 cm³/mol. The Kier molecular flexibility index (Phi) is 3.95. The van der Waals surface area contributed by atoms with E-state index >= 15 is 0 Å². The zero-order chi connectivity index (χ0) is 9.90. The standard InChI is InChI=1S/C11H17IO/c1-9-5-6-10(4-3-7-13)11(9,2)8-12/h5,7,10H,3-4,6,8H2,1-2H3/t10-,11-/m1/s1. The van der Waals surface area contributed by atoms with Gasteiger partial charge in [-0.1, -0.05) is 41.2 Å². The van der Waals surface area contributed by atoms with Gasteiger partial charge in [-0.3, -0.25) is 0 Å². The predicted octanol–water partition coefficient (Wildman–Crippen LogP) is 3.37. The number of allylic oxidation sites excluding steroid dienone is 2. The van der Waals surface area contributed by atoms with Gasteiger partial charge in [0, 0.05) is 16.3 Å². The second-order valence-corrected chi connectivity index (χ2v) is 4.88. The van der Waals surface area contributed by atoms with E-state index in [1.165, 1.54) is 12.0 Å². The Morgan fingerprint density at radius 2 is 2.46 bits per heavy atom. The van der Waals surface area contributed by atoms with Crippen LogP contribution in [0.25, 0.3) is 0 Å². The van der Waals surface area contributed by atoms with Crippen molar-refractivity contribution >= 4 is 28.9 Å². The molecule has 0 amide bonds. The molecular formula is C11H17IO. The van der Waals surface area contributed by atoms with Gasteiger partial charge in [-0.2, -0.15) is 0 Å². The Bertz CT molecular complexity index is 222. The van der Waals surface area contributed by atoms with Crippen LogP contribution in [-0.4, -0.2) is 10.7 Å². The first kappa shape index (κ1) is 11.2. The zero-order valence-corrected chi connectivity index (χ0v) is 10.5. The molecule has 0 aromatic carbocycles. The summed E-state index contributed by atoms with van der Waals surface area (Å²) in [6, 6.07) is 0. The summed E-state index contributed by atoms with van der Waals surface area (Å²) in [5, 5.41) is 0. The third-order valence-electron chi connectivity index (χ3n) is 3.42. The van der Waals surface area contributed by atoms with E-state index in [4.69, 9.17) is 0 Å². The van der Waals surface area contributed by atoms with Crippen LogP contribution in [0.3, 0.4) is 0 Å². The lowest BCUT2D eigenvalue weighted by Crippen LogP contribution is -2.26. The van der Waals surface area contributed by atoms with Gasteiger partial charge in [0.15, 0.2) is 0 Å². The molecule has 0 saturated carbocycles. The van der Waals surface area contributed by atoms with Gasteiger partial charge in [0.2, 0.25) is 0 Å². The molecule has 0 N–H and O–H groups in total. The first-order valence-corrected chi connectivity index (χ1v) is 6.34. The van der Waals surface area contributed by atoms with Crippen LogP contribution in [0, 0.1) is 11.3 Å². The summed E-state index contributed by atoms with van der Waals surface area (Å²) < 4.78 is 1.16. The van der Waals surface area contributed by atoms with Crippen molar-refractivity contribution in [2.75, 3.05) is 4.43 Å². The molecule has 1 nitrogen and oxygen atoms in total. The minimum atomic E-state index is 0.351. The Morgan fingerprint density at radius 3 is 3.00 bits per heavy atom. The van der Waals surface area contributed by atoms with E-state index in [2.05, 4.69) is 42.5 Å². The van der Waals surface area contributed by atoms with E-state index in [1.54, 1.807) is 0 Å². The highest BCUT2D eigenvalue weighted by Crippen LogP contribution is 2.46. The summed E-state index contributed by atoms with van der Waals surface area (Å²) >= 11 is 2.46. The third kappa shape index (κ3) is 2.14. The van der Waals surface area contributed by atoms with Gasteiger partial charge in [-0.15, -0.1) is 0 Å². The van der Waals surface area contributed by atoms with Crippen LogP contribution in [0.2, 0.25) is 0 Å². The van der Waals surface area contributed by atoms with Crippen LogP contribution in [0.15, 0.2) is 11.6 Å². The fourth-order valence-corrected chi connectivity index (χ4v) is 3.28. The minimum absolute atomic E-state index is 0.351. The van der Waals surface area contributed by atoms with Crippen molar-refractivity contribution in [3.05, 3.63) is 11.6 Å². The van der Waals surface area contributed by atoms with Crippen LogP contribution >= 0.6 is 22.6 Å². The van der Waals surface area contributed by atoms with Crippen molar-refractivity contribution in [2.24, 2.45) is 11.3 Å². The van der Waals surface area contributed by atoms with Gasteiger partial charge in [0.1, 0.15) is 6.29 Å². The molecule has 1 aliphatic rings. The second-order valence-electron chi connectivity index (χ2n) is 4.11. The molecule has 0 saturated heterocycles. The molecule has 0 aliphatic heterocycles. The molecule has 13 heavy (non-hydrogen) atoms. The molecule has 1 aliphatic carbocycles. The molecule has 0 spiro atoms. The molecule has 74 valence electrons. The van der Waals surface area contributed by atoms with Crippen LogP contribution in [0.1, 0.15) is 33.1 Å². The number of halogens is 1. The highest BCUT2D eigenvalue weighted by Gasteiger charge is 2.37. The maximum absolute atomic E-state index is 10.3. The lowest BCUT2D eigenvalue weighted by atomic mass is 9.76. The molecule has 0 radical (unpaired) electrons. The molecule has 2 atom stereocenters. The van der Waals surface area contributed by atoms with E-state index in [-0.39, 0.29) is 0 Å². The van der Waals surface area contributed by atoms with Crippen molar-refractivity contribution in [3.8, 4) is 0 Å². The molecule has 0 aromatic rings. The molecule has 2 heteroatoms. The second kappa shape index (κ2) is 4.58. The first-order valence-electron chi connectivity index (χ1n) is 4.82. The molecule has 0 fully saturated rings. The summed E-state index contributed by atoms with van der Waals surface area (Å²) in [4.78, 5) is 10.3. The Labute approximate surface area is 94.1 Å². The summed E-state index contributed by atoms with van der Waals surface area (Å²) in [5.74, 6) is 0.689. The maximum Gasteiger partial charge on any atom is 0.120 e. The van der Waals surface area contributed by atoms with Gasteiger partial charge >= 0.3 is 0 Å². The molecule has 0 unspecified atom stereocenters. The fourth-order valence-electron chi connectivity index (χ4n) is 2.05. The van der Waals surface area contributed by atoms with Gasteiger partial charge in [0.05, 0.1) is 0 Å². The van der Waals surface area contributed by atoms with Gasteiger partial charge in [-0.05, 0) is 25.7 Å². The number of rotatable bonds is 4. The van der Waals surface area contributed by atoms with Crippen molar-refractivity contribution in [1.29, 1.82) is 0 Å². The van der Waals surface area contributed by atoms with E-state index < -0.39 is 0 Å². The van der Waals surface area contributed by atoms with Gasteiger partial charge in [-0.25, -0.2) is 0 Å². The van der Waals surface area contributed by atoms with E-state index in [0.29, 0.717) is 11.3 Å². The zero-order valence-electron chi connectivity index (χ0n) is 8.35. The van der Waals surface area contributed by atoms with Crippen LogP contribution < -0.4 is 0 Å². The SMILES string of the molecule is CC1=CC[C@@H](CCC=O)[C@]1(C)CI. The number of aldehydes is 1. The lowest BCUT2D eigenvalue weighted by molar-refractivity contribution is -0.108. The average Bonchev–Trinajstić information content (AvgIpc) is 2.42. The Hall–Kier alpha value is 0.140. The minimum Gasteiger partial charge on any atom is -0.303 e. The van der Waals surface area contributed by atoms with Crippen molar-refractivity contribution in [2.45, 2.75) is 33.1 Å². The Morgan fingerprint density at radius 1 is 1.77 bits per heavy atom. The van der Waals surface area contributed by atoms with Gasteiger partial charge < -0.3 is 4.79 Å². The quantitative estimate of drug-likeness (QED) is 0.336. The lowest BCUT2D eigenvalue weighted by Gasteiger charge is -2.31. The highest BCUT2D eigenvalue weighted by molar-refractivity contribution is 14.1. The summed E-state index contributed by atoms with van der Waals surface area (Å²) in [7, 11) is 0. The van der Waals surface area contributed by atoms with Crippen molar-refractivity contribution in [1.82, 2.24) is 0 Å². The van der Waals surface area contributed by atoms with Crippen LogP contribution in [0.5, 0.6) is 0 Å². The third-order valence-corrected chi connectivity index (χ3v) is 5.01. The highest BCUT2D eigenvalue weighted by atomic mass is 127. The van der Waals surface area contributed by atoms with E-state index in [1.807, 2.05) is 0 Å². The maximum atomic E-state index is 10.3. The molecule has 0 heterocycles. The van der Waals surface area contributed by atoms with E-state index in [9.17, 15) is 4.79 Å². The average molecular weight is 292 g/mol. The van der Waals surface area contributed by atoms with E-state index in [0.717, 1.165) is 23.6 Å². The van der Waals surface area contributed by atoms with Crippen molar-refractivity contribution in [3.63, 3.8) is 0 Å².